The van der Waals surface area contributed by atoms with Crippen molar-refractivity contribution in [2.24, 2.45) is 5.73 Å². The second-order valence-electron chi connectivity index (χ2n) is 4.96. The van der Waals surface area contributed by atoms with E-state index in [2.05, 4.69) is 25.2 Å². The topological polar surface area (TPSA) is 56.5 Å². The van der Waals surface area contributed by atoms with Gasteiger partial charge < -0.3 is 20.5 Å². The molecule has 4 heteroatoms. The molecule has 0 aromatic heterocycles. The first-order chi connectivity index (χ1) is 8.11. The molecule has 2 rings (SSSR count). The molecule has 17 heavy (non-hydrogen) atoms. The number of hydrogen-bond donors (Lipinski definition) is 2. The summed E-state index contributed by atoms with van der Waals surface area (Å²) >= 11 is 0. The van der Waals surface area contributed by atoms with E-state index in [4.69, 9.17) is 15.2 Å². The molecule has 0 atom stereocenters. The van der Waals surface area contributed by atoms with Gasteiger partial charge in [0.2, 0.25) is 6.79 Å². The Hall–Kier alpha value is -1.26. The fraction of sp³-hybridized carbons (Fsp3) is 0.538. The first-order valence-electron chi connectivity index (χ1n) is 5.94. The van der Waals surface area contributed by atoms with Gasteiger partial charge in [0, 0.05) is 12.1 Å². The van der Waals surface area contributed by atoms with Crippen LogP contribution in [-0.4, -0.2) is 18.9 Å². The Bertz CT molecular complexity index is 391. The lowest BCUT2D eigenvalue weighted by atomic mass is 10.0. The monoisotopic (exact) mass is 236 g/mol. The van der Waals surface area contributed by atoms with Crippen molar-refractivity contribution < 1.29 is 9.47 Å². The van der Waals surface area contributed by atoms with Crippen molar-refractivity contribution in [1.82, 2.24) is 5.32 Å². The van der Waals surface area contributed by atoms with Crippen molar-refractivity contribution in [2.45, 2.75) is 32.4 Å². The molecule has 0 unspecified atom stereocenters. The van der Waals surface area contributed by atoms with Crippen LogP contribution in [0.5, 0.6) is 11.5 Å². The number of nitrogens with two attached hydrogens (primary N) is 1. The third-order valence-corrected chi connectivity index (χ3v) is 2.98. The summed E-state index contributed by atoms with van der Waals surface area (Å²) < 4.78 is 10.6. The lowest BCUT2D eigenvalue weighted by Crippen LogP contribution is -2.40. The summed E-state index contributed by atoms with van der Waals surface area (Å²) in [4.78, 5) is 0. The molecule has 0 saturated carbocycles. The predicted molar refractivity (Wildman–Crippen MR) is 67.2 cm³/mol. The third kappa shape index (κ3) is 3.11. The summed E-state index contributed by atoms with van der Waals surface area (Å²) in [6.07, 6.45) is 0.956. The zero-order valence-corrected chi connectivity index (χ0v) is 10.5. The largest absolute Gasteiger partial charge is 0.454 e. The lowest BCUT2D eigenvalue weighted by Gasteiger charge is -2.25. The van der Waals surface area contributed by atoms with Crippen LogP contribution in [-0.2, 0) is 6.54 Å². The van der Waals surface area contributed by atoms with Crippen molar-refractivity contribution in [3.8, 4) is 11.5 Å². The molecule has 0 spiro atoms. The van der Waals surface area contributed by atoms with Gasteiger partial charge in [-0.25, -0.2) is 0 Å². The van der Waals surface area contributed by atoms with Crippen molar-refractivity contribution in [2.75, 3.05) is 13.3 Å². The van der Waals surface area contributed by atoms with Crippen LogP contribution >= 0.6 is 0 Å². The van der Waals surface area contributed by atoms with Gasteiger partial charge in [-0.05, 0) is 44.5 Å². The molecule has 1 aliphatic heterocycles. The molecule has 0 saturated heterocycles. The minimum Gasteiger partial charge on any atom is -0.454 e. The summed E-state index contributed by atoms with van der Waals surface area (Å²) in [6, 6.07) is 6.03. The Balaban J connectivity index is 1.95. The first kappa shape index (κ1) is 12.2. The number of hydrogen-bond acceptors (Lipinski definition) is 4. The standard InChI is InChI=1S/C13H20N2O2/c1-13(2,5-6-14)15-8-10-3-4-11-12(7-10)17-9-16-11/h3-4,7,15H,5-6,8-9,14H2,1-2H3. The van der Waals surface area contributed by atoms with Gasteiger partial charge in [0.05, 0.1) is 0 Å². The minimum absolute atomic E-state index is 0.0606. The molecular formula is C13H20N2O2. The number of fused-ring (bicyclic) bond motifs is 1. The number of nitrogens with one attached hydrogen (secondary N) is 1. The van der Waals surface area contributed by atoms with Crippen LogP contribution in [0, 0.1) is 0 Å². The molecule has 0 fully saturated rings. The van der Waals surface area contributed by atoms with Crippen LogP contribution in [0.4, 0.5) is 0 Å². The molecule has 1 aromatic rings. The average Bonchev–Trinajstić information content (AvgIpc) is 2.73. The van der Waals surface area contributed by atoms with Gasteiger partial charge in [-0.3, -0.25) is 0 Å². The maximum Gasteiger partial charge on any atom is 0.231 e. The fourth-order valence-corrected chi connectivity index (χ4v) is 1.84. The van der Waals surface area contributed by atoms with Crippen molar-refractivity contribution in [1.29, 1.82) is 0 Å². The average molecular weight is 236 g/mol. The lowest BCUT2D eigenvalue weighted by molar-refractivity contribution is 0.174. The van der Waals surface area contributed by atoms with Crippen LogP contribution in [0.1, 0.15) is 25.8 Å². The molecule has 0 bridgehead atoms. The van der Waals surface area contributed by atoms with Crippen LogP contribution in [0.3, 0.4) is 0 Å². The Kier molecular flexibility index (Phi) is 3.54. The molecule has 3 N–H and O–H groups in total. The Morgan fingerprint density at radius 1 is 1.29 bits per heavy atom. The molecule has 1 aliphatic rings. The fourth-order valence-electron chi connectivity index (χ4n) is 1.84. The summed E-state index contributed by atoms with van der Waals surface area (Å²) in [5, 5.41) is 3.49. The Morgan fingerprint density at radius 3 is 2.82 bits per heavy atom. The molecule has 4 nitrogen and oxygen atoms in total. The summed E-state index contributed by atoms with van der Waals surface area (Å²) in [5.74, 6) is 1.66. The summed E-state index contributed by atoms with van der Waals surface area (Å²) in [7, 11) is 0. The van der Waals surface area contributed by atoms with E-state index in [1.165, 1.54) is 5.56 Å². The molecule has 0 aliphatic carbocycles. The maximum absolute atomic E-state index is 5.58. The third-order valence-electron chi connectivity index (χ3n) is 2.98. The molecule has 1 heterocycles. The van der Waals surface area contributed by atoms with Crippen molar-refractivity contribution >= 4 is 0 Å². The van der Waals surface area contributed by atoms with Crippen LogP contribution in [0.25, 0.3) is 0 Å². The zero-order valence-electron chi connectivity index (χ0n) is 10.5. The second-order valence-corrected chi connectivity index (χ2v) is 4.96. The number of rotatable bonds is 5. The first-order valence-corrected chi connectivity index (χ1v) is 5.94. The van der Waals surface area contributed by atoms with Gasteiger partial charge >= 0.3 is 0 Å². The van der Waals surface area contributed by atoms with E-state index in [1.807, 2.05) is 12.1 Å². The maximum atomic E-state index is 5.58. The molecule has 0 amide bonds. The van der Waals surface area contributed by atoms with E-state index in [9.17, 15) is 0 Å². The van der Waals surface area contributed by atoms with E-state index in [0.717, 1.165) is 24.5 Å². The van der Waals surface area contributed by atoms with E-state index >= 15 is 0 Å². The van der Waals surface area contributed by atoms with E-state index in [-0.39, 0.29) is 5.54 Å². The van der Waals surface area contributed by atoms with Gasteiger partial charge in [0.15, 0.2) is 11.5 Å². The summed E-state index contributed by atoms with van der Waals surface area (Å²) in [6.45, 7) is 6.15. The number of benzene rings is 1. The van der Waals surface area contributed by atoms with Crippen molar-refractivity contribution in [3.63, 3.8) is 0 Å². The van der Waals surface area contributed by atoms with E-state index in [1.54, 1.807) is 0 Å². The van der Waals surface area contributed by atoms with Crippen LogP contribution in [0.15, 0.2) is 18.2 Å². The SMILES string of the molecule is CC(C)(CCN)NCc1ccc2c(c1)OCO2. The van der Waals surface area contributed by atoms with Gasteiger partial charge in [-0.15, -0.1) is 0 Å². The summed E-state index contributed by atoms with van der Waals surface area (Å²) in [5.41, 5.74) is 6.84. The highest BCUT2D eigenvalue weighted by Crippen LogP contribution is 2.32. The van der Waals surface area contributed by atoms with Crippen LogP contribution < -0.4 is 20.5 Å². The Morgan fingerprint density at radius 2 is 2.06 bits per heavy atom. The molecular weight excluding hydrogens is 216 g/mol. The normalized spacial score (nSPS) is 14.1. The Labute approximate surface area is 102 Å². The van der Waals surface area contributed by atoms with Gasteiger partial charge in [0.1, 0.15) is 0 Å². The van der Waals surface area contributed by atoms with E-state index in [0.29, 0.717) is 13.3 Å². The van der Waals surface area contributed by atoms with E-state index < -0.39 is 0 Å². The van der Waals surface area contributed by atoms with Crippen LogP contribution in [0.2, 0.25) is 0 Å². The minimum atomic E-state index is 0.0606. The highest BCUT2D eigenvalue weighted by molar-refractivity contribution is 5.44. The predicted octanol–water partition coefficient (Wildman–Crippen LogP) is 1.63. The molecule has 1 aromatic carbocycles. The second kappa shape index (κ2) is 4.94. The smallest absolute Gasteiger partial charge is 0.231 e. The quantitative estimate of drug-likeness (QED) is 0.816. The number of ether oxygens (including phenoxy) is 2. The van der Waals surface area contributed by atoms with Crippen molar-refractivity contribution in [3.05, 3.63) is 23.8 Å². The van der Waals surface area contributed by atoms with Gasteiger partial charge in [-0.2, -0.15) is 0 Å². The highest BCUT2D eigenvalue weighted by atomic mass is 16.7. The van der Waals surface area contributed by atoms with Gasteiger partial charge in [-0.1, -0.05) is 6.07 Å². The van der Waals surface area contributed by atoms with Gasteiger partial charge in [0.25, 0.3) is 0 Å². The molecule has 94 valence electrons. The zero-order chi connectivity index (χ0) is 12.3. The molecule has 0 radical (unpaired) electrons. The highest BCUT2D eigenvalue weighted by Gasteiger charge is 2.17.